The van der Waals surface area contributed by atoms with Crippen LogP contribution in [-0.2, 0) is 22.5 Å². The maximum absolute atomic E-state index is 12.4. The van der Waals surface area contributed by atoms with Gasteiger partial charge in [0.1, 0.15) is 11.6 Å². The standard InChI is InChI=1S/C24H32N6O3S/c1-3-15-34-24-27-22(29-11-13-32-14-12-29)20-17-26-30(23(20)28-24)10-9-25-21(31)16-18-5-7-19(8-6-18)33-4-2/h5-8,17H,3-4,9-16H2,1-2H3,(H,25,31). The third-order valence-electron chi connectivity index (χ3n) is 5.45. The second kappa shape index (κ2) is 12.0. The van der Waals surface area contributed by atoms with E-state index in [-0.39, 0.29) is 5.91 Å². The number of thioether (sulfide) groups is 1. The van der Waals surface area contributed by atoms with E-state index in [4.69, 9.17) is 19.4 Å². The summed E-state index contributed by atoms with van der Waals surface area (Å²) in [6, 6.07) is 7.63. The van der Waals surface area contributed by atoms with Gasteiger partial charge in [-0.15, -0.1) is 0 Å². The van der Waals surface area contributed by atoms with Gasteiger partial charge in [-0.2, -0.15) is 5.10 Å². The molecule has 9 nitrogen and oxygen atoms in total. The van der Waals surface area contributed by atoms with Gasteiger partial charge >= 0.3 is 0 Å². The number of ether oxygens (including phenoxy) is 2. The highest BCUT2D eigenvalue weighted by Crippen LogP contribution is 2.28. The first kappa shape index (κ1) is 24.3. The molecule has 3 aromatic rings. The Bertz CT molecular complexity index is 1080. The monoisotopic (exact) mass is 484 g/mol. The number of aromatic nitrogens is 4. The molecule has 3 heterocycles. The van der Waals surface area contributed by atoms with E-state index in [1.54, 1.807) is 11.8 Å². The molecule has 34 heavy (non-hydrogen) atoms. The van der Waals surface area contributed by atoms with Gasteiger partial charge in [-0.05, 0) is 31.0 Å². The van der Waals surface area contributed by atoms with Gasteiger partial charge in [0.2, 0.25) is 5.91 Å². The number of carbonyl (C=O) groups excluding carboxylic acids is 1. The van der Waals surface area contributed by atoms with Gasteiger partial charge in [0.25, 0.3) is 0 Å². The Hall–Kier alpha value is -2.85. The van der Waals surface area contributed by atoms with Crippen LogP contribution in [0.5, 0.6) is 5.75 Å². The zero-order chi connectivity index (χ0) is 23.8. The average Bonchev–Trinajstić information content (AvgIpc) is 3.27. The van der Waals surface area contributed by atoms with Crippen molar-refractivity contribution in [1.82, 2.24) is 25.1 Å². The molecule has 1 saturated heterocycles. The van der Waals surface area contributed by atoms with Crippen LogP contribution < -0.4 is 15.0 Å². The lowest BCUT2D eigenvalue weighted by atomic mass is 10.1. The maximum atomic E-state index is 12.4. The molecule has 1 amide bonds. The van der Waals surface area contributed by atoms with Gasteiger partial charge in [0.15, 0.2) is 10.8 Å². The van der Waals surface area contributed by atoms with Gasteiger partial charge in [-0.3, -0.25) is 4.79 Å². The number of rotatable bonds is 11. The minimum atomic E-state index is -0.0246. The smallest absolute Gasteiger partial charge is 0.224 e. The van der Waals surface area contributed by atoms with Gasteiger partial charge in [0, 0.05) is 25.4 Å². The molecule has 0 bridgehead atoms. The first-order chi connectivity index (χ1) is 16.7. The number of nitrogens with zero attached hydrogens (tertiary/aromatic N) is 5. The fourth-order valence-electron chi connectivity index (χ4n) is 3.78. The van der Waals surface area contributed by atoms with Crippen molar-refractivity contribution in [2.75, 3.05) is 50.1 Å². The normalized spacial score (nSPS) is 13.9. The van der Waals surface area contributed by atoms with Crippen LogP contribution in [0.4, 0.5) is 5.82 Å². The number of benzene rings is 1. The van der Waals surface area contributed by atoms with Crippen molar-refractivity contribution in [3.8, 4) is 5.75 Å². The van der Waals surface area contributed by atoms with E-state index >= 15 is 0 Å². The summed E-state index contributed by atoms with van der Waals surface area (Å²) in [6.45, 7) is 8.72. The van der Waals surface area contributed by atoms with Crippen LogP contribution in [0.1, 0.15) is 25.8 Å². The van der Waals surface area contributed by atoms with Crippen molar-refractivity contribution in [3.63, 3.8) is 0 Å². The summed E-state index contributed by atoms with van der Waals surface area (Å²) >= 11 is 1.66. The van der Waals surface area contributed by atoms with Crippen molar-refractivity contribution < 1.29 is 14.3 Å². The lowest BCUT2D eigenvalue weighted by Crippen LogP contribution is -2.37. The Labute approximate surface area is 204 Å². The molecule has 0 saturated carbocycles. The number of anilines is 1. The molecule has 1 aromatic carbocycles. The summed E-state index contributed by atoms with van der Waals surface area (Å²) in [4.78, 5) is 24.3. The highest BCUT2D eigenvalue weighted by molar-refractivity contribution is 7.99. The Morgan fingerprint density at radius 3 is 2.71 bits per heavy atom. The molecule has 1 aliphatic rings. The number of hydrogen-bond acceptors (Lipinski definition) is 8. The number of nitrogens with one attached hydrogen (secondary N) is 1. The highest BCUT2D eigenvalue weighted by Gasteiger charge is 2.20. The lowest BCUT2D eigenvalue weighted by molar-refractivity contribution is -0.120. The minimum Gasteiger partial charge on any atom is -0.494 e. The fraction of sp³-hybridized carbons (Fsp3) is 0.500. The SMILES string of the molecule is CCCSc1nc(N2CCOCC2)c2cnn(CCNC(=O)Cc3ccc(OCC)cc3)c2n1. The van der Waals surface area contributed by atoms with Gasteiger partial charge < -0.3 is 19.7 Å². The van der Waals surface area contributed by atoms with Crippen LogP contribution >= 0.6 is 11.8 Å². The topological polar surface area (TPSA) is 94.4 Å². The molecule has 0 aliphatic carbocycles. The second-order valence-electron chi connectivity index (χ2n) is 7.99. The highest BCUT2D eigenvalue weighted by atomic mass is 32.2. The fourth-order valence-corrected chi connectivity index (χ4v) is 4.47. The Morgan fingerprint density at radius 1 is 1.18 bits per heavy atom. The Morgan fingerprint density at radius 2 is 1.97 bits per heavy atom. The molecule has 182 valence electrons. The summed E-state index contributed by atoms with van der Waals surface area (Å²) in [5, 5.41) is 9.25. The van der Waals surface area contributed by atoms with Crippen LogP contribution in [0.15, 0.2) is 35.6 Å². The van der Waals surface area contributed by atoms with E-state index in [1.165, 1.54) is 0 Å². The quantitative estimate of drug-likeness (QED) is 0.328. The number of amides is 1. The predicted octanol–water partition coefficient (Wildman–Crippen LogP) is 2.92. The van der Waals surface area contributed by atoms with Crippen LogP contribution in [0.2, 0.25) is 0 Å². The number of morpholine rings is 1. The molecule has 0 spiro atoms. The lowest BCUT2D eigenvalue weighted by Gasteiger charge is -2.28. The molecule has 0 atom stereocenters. The van der Waals surface area contributed by atoms with Crippen molar-refractivity contribution in [1.29, 1.82) is 0 Å². The van der Waals surface area contributed by atoms with E-state index in [2.05, 4.69) is 22.2 Å². The number of carbonyl (C=O) groups is 1. The van der Waals surface area contributed by atoms with Crippen LogP contribution in [0, 0.1) is 0 Å². The maximum Gasteiger partial charge on any atom is 0.224 e. The van der Waals surface area contributed by atoms with E-state index in [0.717, 1.165) is 58.6 Å². The molecule has 10 heteroatoms. The zero-order valence-corrected chi connectivity index (χ0v) is 20.6. The van der Waals surface area contributed by atoms with Crippen LogP contribution in [0.25, 0.3) is 11.0 Å². The van der Waals surface area contributed by atoms with Crippen molar-refractivity contribution in [2.24, 2.45) is 0 Å². The molecule has 0 unspecified atom stereocenters. The summed E-state index contributed by atoms with van der Waals surface area (Å²) in [6.07, 6.45) is 3.21. The number of hydrogen-bond donors (Lipinski definition) is 1. The molecule has 0 radical (unpaired) electrons. The van der Waals surface area contributed by atoms with Crippen LogP contribution in [0.3, 0.4) is 0 Å². The molecule has 1 aliphatic heterocycles. The van der Waals surface area contributed by atoms with Crippen molar-refractivity contribution in [3.05, 3.63) is 36.0 Å². The van der Waals surface area contributed by atoms with Crippen LogP contribution in [-0.4, -0.2) is 70.9 Å². The molecule has 1 fully saturated rings. The third-order valence-corrected chi connectivity index (χ3v) is 6.50. The average molecular weight is 485 g/mol. The van der Waals surface area contributed by atoms with Gasteiger partial charge in [-0.1, -0.05) is 30.8 Å². The van der Waals surface area contributed by atoms with Crippen molar-refractivity contribution >= 4 is 34.5 Å². The largest absolute Gasteiger partial charge is 0.494 e. The zero-order valence-electron chi connectivity index (χ0n) is 19.8. The molecular weight excluding hydrogens is 452 g/mol. The summed E-state index contributed by atoms with van der Waals surface area (Å²) in [5.74, 6) is 2.66. The Balaban J connectivity index is 1.41. The first-order valence-corrected chi connectivity index (χ1v) is 12.8. The van der Waals surface area contributed by atoms with E-state index < -0.39 is 0 Å². The number of fused-ring (bicyclic) bond motifs is 1. The first-order valence-electron chi connectivity index (χ1n) is 11.9. The predicted molar refractivity (Wildman–Crippen MR) is 134 cm³/mol. The Kier molecular flexibility index (Phi) is 8.59. The van der Waals surface area contributed by atoms with E-state index in [9.17, 15) is 4.79 Å². The summed E-state index contributed by atoms with van der Waals surface area (Å²) < 4.78 is 12.8. The summed E-state index contributed by atoms with van der Waals surface area (Å²) in [5.41, 5.74) is 1.75. The third kappa shape index (κ3) is 6.18. The van der Waals surface area contributed by atoms with Gasteiger partial charge in [-0.25, -0.2) is 14.6 Å². The molecular formula is C24H32N6O3S. The molecule has 2 aromatic heterocycles. The van der Waals surface area contributed by atoms with E-state index in [0.29, 0.717) is 39.3 Å². The summed E-state index contributed by atoms with van der Waals surface area (Å²) in [7, 11) is 0. The molecule has 1 N–H and O–H groups in total. The van der Waals surface area contributed by atoms with Gasteiger partial charge in [0.05, 0.1) is 44.4 Å². The van der Waals surface area contributed by atoms with E-state index in [1.807, 2.05) is 42.1 Å². The minimum absolute atomic E-state index is 0.0246. The second-order valence-corrected chi connectivity index (χ2v) is 9.05. The molecule has 4 rings (SSSR count). The van der Waals surface area contributed by atoms with Crippen molar-refractivity contribution in [2.45, 2.75) is 38.4 Å².